The van der Waals surface area contributed by atoms with Crippen LogP contribution in [0.5, 0.6) is 0 Å². The average molecular weight is 498 g/mol. The number of carbonyl (C=O) groups is 2. The summed E-state index contributed by atoms with van der Waals surface area (Å²) < 4.78 is 28.7. The molecule has 0 aliphatic carbocycles. The molecule has 0 saturated heterocycles. The highest BCUT2D eigenvalue weighted by Gasteiger charge is 2.26. The predicted molar refractivity (Wildman–Crippen MR) is 133 cm³/mol. The molecule has 0 atom stereocenters. The number of hydrogen-bond acceptors (Lipinski definition) is 4. The quantitative estimate of drug-likeness (QED) is 0.531. The predicted octanol–water partition coefficient (Wildman–Crippen LogP) is 4.29. The van der Waals surface area contributed by atoms with Gasteiger partial charge in [-0.2, -0.15) is 0 Å². The third-order valence-electron chi connectivity index (χ3n) is 5.59. The molecule has 1 aliphatic heterocycles. The molecule has 7 nitrogen and oxygen atoms in total. The molecule has 0 saturated carbocycles. The number of nitrogens with zero attached hydrogens (tertiary/aromatic N) is 1. The molecule has 176 valence electrons. The van der Waals surface area contributed by atoms with E-state index in [4.69, 9.17) is 11.6 Å². The van der Waals surface area contributed by atoms with Crippen molar-refractivity contribution < 1.29 is 18.0 Å². The Labute approximate surface area is 203 Å². The minimum absolute atomic E-state index is 0.00315. The maximum atomic E-state index is 13.0. The number of rotatable bonds is 6. The number of aryl methyl sites for hydroxylation is 1. The number of carbonyl (C=O) groups excluding carboxylic acids is 2. The first-order chi connectivity index (χ1) is 16.1. The zero-order valence-electron chi connectivity index (χ0n) is 18.8. The summed E-state index contributed by atoms with van der Waals surface area (Å²) in [7, 11) is -3.91. The molecule has 0 aromatic heterocycles. The minimum atomic E-state index is -3.91. The lowest BCUT2D eigenvalue weighted by Crippen LogP contribution is -2.29. The minimum Gasteiger partial charge on any atom is -0.325 e. The van der Waals surface area contributed by atoms with Crippen LogP contribution in [0.1, 0.15) is 34.0 Å². The first-order valence-electron chi connectivity index (χ1n) is 10.7. The second kappa shape index (κ2) is 9.58. The molecule has 3 aromatic carbocycles. The van der Waals surface area contributed by atoms with Gasteiger partial charge in [0.25, 0.3) is 5.91 Å². The maximum Gasteiger partial charge on any atom is 0.258 e. The second-order valence-corrected chi connectivity index (χ2v) is 10.4. The summed E-state index contributed by atoms with van der Waals surface area (Å²) in [6, 6.07) is 17.2. The number of sulfonamides is 1. The summed E-state index contributed by atoms with van der Waals surface area (Å²) in [5.41, 5.74) is 4.02. The lowest BCUT2D eigenvalue weighted by Gasteiger charge is -2.18. The lowest BCUT2D eigenvalue weighted by atomic mass is 10.1. The van der Waals surface area contributed by atoms with Crippen LogP contribution >= 0.6 is 11.6 Å². The molecule has 2 N–H and O–H groups in total. The first-order valence-corrected chi connectivity index (χ1v) is 12.6. The molecular formula is C25H24ClN3O4S. The molecule has 3 aromatic rings. The van der Waals surface area contributed by atoms with Crippen LogP contribution in [0.4, 0.5) is 11.4 Å². The van der Waals surface area contributed by atoms with Gasteiger partial charge >= 0.3 is 0 Å². The number of benzene rings is 3. The normalized spacial score (nSPS) is 13.0. The van der Waals surface area contributed by atoms with E-state index in [9.17, 15) is 18.0 Å². The van der Waals surface area contributed by atoms with Crippen molar-refractivity contribution in [3.05, 3.63) is 87.9 Å². The number of fused-ring (bicyclic) bond motifs is 1. The summed E-state index contributed by atoms with van der Waals surface area (Å²) in [5.74, 6) is -0.489. The van der Waals surface area contributed by atoms with Gasteiger partial charge in [0.2, 0.25) is 15.9 Å². The fraction of sp³-hybridized carbons (Fsp3) is 0.200. The number of amides is 2. The van der Waals surface area contributed by atoms with E-state index in [1.807, 2.05) is 18.2 Å². The van der Waals surface area contributed by atoms with Crippen molar-refractivity contribution in [2.75, 3.05) is 16.8 Å². The zero-order chi connectivity index (χ0) is 24.5. The van der Waals surface area contributed by atoms with Crippen LogP contribution in [0.25, 0.3) is 0 Å². The SMILES string of the molecule is CC(=O)Nc1ccc(C)cc1S(=O)(=O)NCc1ccc2c(c1)N(C(=O)c1ccc(Cl)cc1)CC2. The summed E-state index contributed by atoms with van der Waals surface area (Å²) in [6.07, 6.45) is 0.726. The standard InChI is InChI=1S/C25H24ClN3O4S/c1-16-3-10-22(28-17(2)30)24(13-16)34(32,33)27-15-18-4-5-19-11-12-29(23(19)14-18)25(31)20-6-8-21(26)9-7-20/h3-10,13-14,27H,11-12,15H2,1-2H3,(H,28,30). The summed E-state index contributed by atoms with van der Waals surface area (Å²) in [4.78, 5) is 26.2. The number of halogens is 1. The van der Waals surface area contributed by atoms with Crippen molar-refractivity contribution in [1.29, 1.82) is 0 Å². The van der Waals surface area contributed by atoms with Gasteiger partial charge in [0, 0.05) is 36.3 Å². The highest BCUT2D eigenvalue weighted by atomic mass is 35.5. The Hall–Kier alpha value is -3.20. The van der Waals surface area contributed by atoms with E-state index in [1.165, 1.54) is 13.0 Å². The van der Waals surface area contributed by atoms with Crippen molar-refractivity contribution >= 4 is 44.8 Å². The molecular weight excluding hydrogens is 474 g/mol. The Morgan fingerprint density at radius 3 is 2.47 bits per heavy atom. The van der Waals surface area contributed by atoms with Crippen LogP contribution in [0.3, 0.4) is 0 Å². The Morgan fingerprint density at radius 1 is 1.03 bits per heavy atom. The van der Waals surface area contributed by atoms with Crippen molar-refractivity contribution in [3.63, 3.8) is 0 Å². The van der Waals surface area contributed by atoms with Crippen molar-refractivity contribution in [2.45, 2.75) is 31.7 Å². The van der Waals surface area contributed by atoms with Gasteiger partial charge in [-0.05, 0) is 72.5 Å². The molecule has 9 heteroatoms. The van der Waals surface area contributed by atoms with Gasteiger partial charge in [-0.1, -0.05) is 29.8 Å². The lowest BCUT2D eigenvalue weighted by molar-refractivity contribution is -0.114. The molecule has 0 unspecified atom stereocenters. The van der Waals surface area contributed by atoms with E-state index < -0.39 is 10.0 Å². The molecule has 34 heavy (non-hydrogen) atoms. The Morgan fingerprint density at radius 2 is 1.76 bits per heavy atom. The van der Waals surface area contributed by atoms with Gasteiger partial charge in [-0.25, -0.2) is 13.1 Å². The van der Waals surface area contributed by atoms with Gasteiger partial charge in [-0.15, -0.1) is 0 Å². The fourth-order valence-corrected chi connectivity index (χ4v) is 5.28. The van der Waals surface area contributed by atoms with E-state index in [0.717, 1.165) is 23.2 Å². The van der Waals surface area contributed by atoms with Crippen LogP contribution < -0.4 is 14.9 Å². The van der Waals surface area contributed by atoms with Gasteiger partial charge in [0.05, 0.1) is 5.69 Å². The van der Waals surface area contributed by atoms with E-state index in [1.54, 1.807) is 48.2 Å². The van der Waals surface area contributed by atoms with Gasteiger partial charge in [-0.3, -0.25) is 9.59 Å². The van der Waals surface area contributed by atoms with E-state index in [0.29, 0.717) is 22.7 Å². The van der Waals surface area contributed by atoms with Crippen molar-refractivity contribution in [2.24, 2.45) is 0 Å². The van der Waals surface area contributed by atoms with Crippen molar-refractivity contribution in [1.82, 2.24) is 4.72 Å². The maximum absolute atomic E-state index is 13.0. The monoisotopic (exact) mass is 497 g/mol. The third kappa shape index (κ3) is 5.14. The fourth-order valence-electron chi connectivity index (χ4n) is 3.89. The van der Waals surface area contributed by atoms with E-state index in [2.05, 4.69) is 10.0 Å². The molecule has 2 amide bonds. The van der Waals surface area contributed by atoms with E-state index in [-0.39, 0.29) is 28.9 Å². The van der Waals surface area contributed by atoms with Crippen LogP contribution in [-0.4, -0.2) is 26.8 Å². The van der Waals surface area contributed by atoms with Crippen LogP contribution in [0.2, 0.25) is 5.02 Å². The highest BCUT2D eigenvalue weighted by molar-refractivity contribution is 7.89. The summed E-state index contributed by atoms with van der Waals surface area (Å²) >= 11 is 5.94. The zero-order valence-corrected chi connectivity index (χ0v) is 20.3. The molecule has 1 aliphatic rings. The van der Waals surface area contributed by atoms with Gasteiger partial charge < -0.3 is 10.2 Å². The number of hydrogen-bond donors (Lipinski definition) is 2. The van der Waals surface area contributed by atoms with Gasteiger partial charge in [0.1, 0.15) is 4.90 Å². The summed E-state index contributed by atoms with van der Waals surface area (Å²) in [5, 5.41) is 3.12. The Balaban J connectivity index is 1.55. The largest absolute Gasteiger partial charge is 0.325 e. The molecule has 0 fully saturated rings. The molecule has 4 rings (SSSR count). The number of nitrogens with one attached hydrogen (secondary N) is 2. The van der Waals surface area contributed by atoms with Crippen LogP contribution in [0, 0.1) is 6.92 Å². The average Bonchev–Trinajstić information content (AvgIpc) is 3.22. The van der Waals surface area contributed by atoms with Crippen molar-refractivity contribution in [3.8, 4) is 0 Å². The number of anilines is 2. The smallest absolute Gasteiger partial charge is 0.258 e. The Bertz CT molecular complexity index is 1370. The van der Waals surface area contributed by atoms with Crippen LogP contribution in [0.15, 0.2) is 65.6 Å². The third-order valence-corrected chi connectivity index (χ3v) is 7.28. The molecule has 1 heterocycles. The topological polar surface area (TPSA) is 95.6 Å². The Kier molecular flexibility index (Phi) is 6.74. The molecule has 0 bridgehead atoms. The highest BCUT2D eigenvalue weighted by Crippen LogP contribution is 2.31. The molecule has 0 spiro atoms. The first kappa shape index (κ1) is 23.9. The van der Waals surface area contributed by atoms with Crippen LogP contribution in [-0.2, 0) is 27.8 Å². The second-order valence-electron chi connectivity index (χ2n) is 8.18. The van der Waals surface area contributed by atoms with Gasteiger partial charge in [0.15, 0.2) is 0 Å². The summed E-state index contributed by atoms with van der Waals surface area (Å²) in [6.45, 7) is 3.69. The van der Waals surface area contributed by atoms with E-state index >= 15 is 0 Å². The molecule has 0 radical (unpaired) electrons.